The number of halogens is 1. The third-order valence-electron chi connectivity index (χ3n) is 4.08. The molecular formula is C16H19ClN2O. The van der Waals surface area contributed by atoms with Crippen molar-refractivity contribution in [3.8, 4) is 0 Å². The molecule has 2 N–H and O–H groups in total. The minimum atomic E-state index is -0.461. The number of rotatable bonds is 4. The molecule has 1 heterocycles. The Labute approximate surface area is 124 Å². The van der Waals surface area contributed by atoms with E-state index < -0.39 is 5.60 Å². The lowest BCUT2D eigenvalue weighted by Gasteiger charge is -2.22. The monoisotopic (exact) mass is 290 g/mol. The maximum atomic E-state index is 10.3. The highest BCUT2D eigenvalue weighted by Crippen LogP contribution is 2.32. The number of fused-ring (bicyclic) bond motifs is 1. The zero-order chi connectivity index (χ0) is 14.0. The van der Waals surface area contributed by atoms with Crippen molar-refractivity contribution in [2.75, 3.05) is 11.9 Å². The Hall–Kier alpha value is -1.32. The third kappa shape index (κ3) is 3.05. The second-order valence-corrected chi connectivity index (χ2v) is 6.08. The summed E-state index contributed by atoms with van der Waals surface area (Å²) in [4.78, 5) is 4.55. The van der Waals surface area contributed by atoms with E-state index in [1.807, 2.05) is 30.3 Å². The minimum absolute atomic E-state index is 0.461. The van der Waals surface area contributed by atoms with E-state index in [0.717, 1.165) is 60.4 Å². The number of aliphatic hydroxyl groups is 1. The summed E-state index contributed by atoms with van der Waals surface area (Å²) in [6.07, 6.45) is 4.93. The topological polar surface area (TPSA) is 45.1 Å². The summed E-state index contributed by atoms with van der Waals surface area (Å²) in [5.41, 5.74) is 0.469. The molecule has 0 unspecified atom stereocenters. The van der Waals surface area contributed by atoms with Crippen LogP contribution in [0, 0.1) is 0 Å². The first kappa shape index (κ1) is 13.7. The van der Waals surface area contributed by atoms with Gasteiger partial charge >= 0.3 is 0 Å². The Balaban J connectivity index is 1.64. The molecule has 0 saturated heterocycles. The molecule has 3 rings (SSSR count). The van der Waals surface area contributed by atoms with Crippen molar-refractivity contribution in [2.24, 2.45) is 0 Å². The number of nitrogens with one attached hydrogen (secondary N) is 1. The Morgan fingerprint density at radius 2 is 2.00 bits per heavy atom. The first-order chi connectivity index (χ1) is 9.65. The first-order valence-electron chi connectivity index (χ1n) is 7.17. The van der Waals surface area contributed by atoms with E-state index in [0.29, 0.717) is 0 Å². The second-order valence-electron chi connectivity index (χ2n) is 5.64. The van der Waals surface area contributed by atoms with Gasteiger partial charge in [0, 0.05) is 17.0 Å². The van der Waals surface area contributed by atoms with E-state index >= 15 is 0 Å². The van der Waals surface area contributed by atoms with Crippen LogP contribution in [-0.2, 0) is 0 Å². The summed E-state index contributed by atoms with van der Waals surface area (Å²) in [6, 6.07) is 9.66. The fraction of sp³-hybridized carbons (Fsp3) is 0.438. The van der Waals surface area contributed by atoms with Crippen molar-refractivity contribution >= 4 is 28.3 Å². The Bertz CT molecular complexity index is 608. The van der Waals surface area contributed by atoms with Crippen molar-refractivity contribution in [3.63, 3.8) is 0 Å². The normalized spacial score (nSPS) is 17.5. The highest BCUT2D eigenvalue weighted by atomic mass is 35.5. The standard InChI is InChI=1S/C16H19ClN2O/c17-13-4-5-14-12(11-13)3-6-15(19-14)18-10-9-16(20)7-1-2-8-16/h3-6,11,20H,1-2,7-10H2,(H,18,19). The van der Waals surface area contributed by atoms with E-state index in [9.17, 15) is 5.11 Å². The summed E-state index contributed by atoms with van der Waals surface area (Å²) in [6.45, 7) is 0.753. The largest absolute Gasteiger partial charge is 0.390 e. The fourth-order valence-electron chi connectivity index (χ4n) is 2.90. The molecule has 0 bridgehead atoms. The first-order valence-corrected chi connectivity index (χ1v) is 7.55. The third-order valence-corrected chi connectivity index (χ3v) is 4.32. The van der Waals surface area contributed by atoms with Gasteiger partial charge in [-0.25, -0.2) is 4.98 Å². The van der Waals surface area contributed by atoms with Crippen LogP contribution >= 0.6 is 11.6 Å². The summed E-state index contributed by atoms with van der Waals surface area (Å²) < 4.78 is 0. The predicted molar refractivity (Wildman–Crippen MR) is 83.3 cm³/mol. The Morgan fingerprint density at radius 3 is 2.80 bits per heavy atom. The molecule has 0 spiro atoms. The molecule has 20 heavy (non-hydrogen) atoms. The van der Waals surface area contributed by atoms with Gasteiger partial charge < -0.3 is 10.4 Å². The number of benzene rings is 1. The molecule has 1 aromatic heterocycles. The average molecular weight is 291 g/mol. The van der Waals surface area contributed by atoms with E-state index in [1.165, 1.54) is 0 Å². The fourth-order valence-corrected chi connectivity index (χ4v) is 3.08. The Morgan fingerprint density at radius 1 is 1.20 bits per heavy atom. The molecule has 106 valence electrons. The number of pyridine rings is 1. The second kappa shape index (κ2) is 5.58. The van der Waals surface area contributed by atoms with Crippen LogP contribution in [0.3, 0.4) is 0 Å². The lowest BCUT2D eigenvalue weighted by molar-refractivity contribution is 0.0424. The van der Waals surface area contributed by atoms with Crippen molar-refractivity contribution in [2.45, 2.75) is 37.7 Å². The molecule has 4 heteroatoms. The van der Waals surface area contributed by atoms with Crippen molar-refractivity contribution < 1.29 is 5.11 Å². The molecule has 1 aromatic carbocycles. The SMILES string of the molecule is OC1(CCNc2ccc3cc(Cl)ccc3n2)CCCC1. The van der Waals surface area contributed by atoms with Crippen molar-refractivity contribution in [1.82, 2.24) is 4.98 Å². The van der Waals surface area contributed by atoms with E-state index in [1.54, 1.807) is 0 Å². The van der Waals surface area contributed by atoms with E-state index in [-0.39, 0.29) is 0 Å². The highest BCUT2D eigenvalue weighted by Gasteiger charge is 2.30. The zero-order valence-corrected chi connectivity index (χ0v) is 12.2. The lowest BCUT2D eigenvalue weighted by Crippen LogP contribution is -2.27. The zero-order valence-electron chi connectivity index (χ0n) is 11.4. The quantitative estimate of drug-likeness (QED) is 0.895. The van der Waals surface area contributed by atoms with Gasteiger partial charge in [0.05, 0.1) is 11.1 Å². The maximum absolute atomic E-state index is 10.3. The summed E-state index contributed by atoms with van der Waals surface area (Å²) in [5, 5.41) is 15.4. The smallest absolute Gasteiger partial charge is 0.126 e. The van der Waals surface area contributed by atoms with Crippen molar-refractivity contribution in [3.05, 3.63) is 35.4 Å². The van der Waals surface area contributed by atoms with Gasteiger partial charge in [-0.3, -0.25) is 0 Å². The number of hydrogen-bond acceptors (Lipinski definition) is 3. The molecular weight excluding hydrogens is 272 g/mol. The molecule has 2 aromatic rings. The number of hydrogen-bond donors (Lipinski definition) is 2. The lowest BCUT2D eigenvalue weighted by atomic mass is 9.98. The average Bonchev–Trinajstić information content (AvgIpc) is 2.86. The molecule has 1 saturated carbocycles. The molecule has 1 fully saturated rings. The van der Waals surface area contributed by atoms with Crippen LogP contribution in [0.5, 0.6) is 0 Å². The predicted octanol–water partition coefficient (Wildman–Crippen LogP) is 4.00. The van der Waals surface area contributed by atoms with Crippen LogP contribution < -0.4 is 5.32 Å². The van der Waals surface area contributed by atoms with Crippen LogP contribution in [0.25, 0.3) is 10.9 Å². The summed E-state index contributed by atoms with van der Waals surface area (Å²) in [5.74, 6) is 0.849. The maximum Gasteiger partial charge on any atom is 0.126 e. The molecule has 3 nitrogen and oxygen atoms in total. The van der Waals surface area contributed by atoms with E-state index in [2.05, 4.69) is 10.3 Å². The minimum Gasteiger partial charge on any atom is -0.390 e. The number of anilines is 1. The van der Waals surface area contributed by atoms with Gasteiger partial charge in [0.2, 0.25) is 0 Å². The summed E-state index contributed by atoms with van der Waals surface area (Å²) >= 11 is 5.96. The molecule has 0 radical (unpaired) electrons. The van der Waals surface area contributed by atoms with Crippen LogP contribution in [0.1, 0.15) is 32.1 Å². The Kier molecular flexibility index (Phi) is 3.81. The van der Waals surface area contributed by atoms with Crippen LogP contribution in [0.2, 0.25) is 5.02 Å². The molecule has 0 amide bonds. The molecule has 1 aliphatic rings. The van der Waals surface area contributed by atoms with Gasteiger partial charge in [-0.2, -0.15) is 0 Å². The van der Waals surface area contributed by atoms with Crippen molar-refractivity contribution in [1.29, 1.82) is 0 Å². The number of aromatic nitrogens is 1. The van der Waals surface area contributed by atoms with Gasteiger partial charge in [0.15, 0.2) is 0 Å². The van der Waals surface area contributed by atoms with E-state index in [4.69, 9.17) is 11.6 Å². The van der Waals surface area contributed by atoms with Gasteiger partial charge in [-0.15, -0.1) is 0 Å². The van der Waals surface area contributed by atoms with Gasteiger partial charge in [0.1, 0.15) is 5.82 Å². The van der Waals surface area contributed by atoms with Gasteiger partial charge in [-0.1, -0.05) is 24.4 Å². The van der Waals surface area contributed by atoms with Crippen LogP contribution in [0.4, 0.5) is 5.82 Å². The summed E-state index contributed by atoms with van der Waals surface area (Å²) in [7, 11) is 0. The highest BCUT2D eigenvalue weighted by molar-refractivity contribution is 6.31. The van der Waals surface area contributed by atoms with Gasteiger partial charge in [-0.05, 0) is 49.6 Å². The van der Waals surface area contributed by atoms with Gasteiger partial charge in [0.25, 0.3) is 0 Å². The molecule has 0 atom stereocenters. The molecule has 1 aliphatic carbocycles. The van der Waals surface area contributed by atoms with Crippen LogP contribution in [0.15, 0.2) is 30.3 Å². The van der Waals surface area contributed by atoms with Crippen LogP contribution in [-0.4, -0.2) is 22.2 Å². The molecule has 0 aliphatic heterocycles. The number of nitrogens with zero attached hydrogens (tertiary/aromatic N) is 1.